The highest BCUT2D eigenvalue weighted by Gasteiger charge is 1.86. The quantitative estimate of drug-likeness (QED) is 0.454. The summed E-state index contributed by atoms with van der Waals surface area (Å²) in [6, 6.07) is 27.9. The second kappa shape index (κ2) is 9.83. The lowest BCUT2D eigenvalue weighted by atomic mass is 10.2. The third-order valence-electron chi connectivity index (χ3n) is 2.78. The van der Waals surface area contributed by atoms with Crippen LogP contribution < -0.4 is 0 Å². The minimum atomic E-state index is 1.20. The summed E-state index contributed by atoms with van der Waals surface area (Å²) in [7, 11) is 0. The van der Waals surface area contributed by atoms with Crippen LogP contribution in [0.2, 0.25) is 0 Å². The van der Waals surface area contributed by atoms with E-state index >= 15 is 0 Å². The highest BCUT2D eigenvalue weighted by Crippen LogP contribution is 2.09. The summed E-state index contributed by atoms with van der Waals surface area (Å²) < 4.78 is 0. The summed E-state index contributed by atoms with van der Waals surface area (Å²) in [4.78, 5) is 7.80. The molecule has 0 aliphatic carbocycles. The van der Waals surface area contributed by atoms with Gasteiger partial charge in [0.05, 0.1) is 0 Å². The molecule has 2 heteroatoms. The Balaban J connectivity index is 0.000000128. The predicted octanol–water partition coefficient (Wildman–Crippen LogP) is 5.00. The number of hydrogen-bond donors (Lipinski definition) is 0. The van der Waals surface area contributed by atoms with E-state index in [-0.39, 0.29) is 0 Å². The average molecular weight is 286 g/mol. The maximum Gasteiger partial charge on any atom is 0.0346 e. The fourth-order valence-electron chi connectivity index (χ4n) is 1.72. The molecule has 108 valence electrons. The molecule has 2 aromatic carbocycles. The van der Waals surface area contributed by atoms with Crippen LogP contribution in [0.5, 0.6) is 0 Å². The largest absolute Gasteiger partial charge is 0.265 e. The summed E-state index contributed by atoms with van der Waals surface area (Å²) in [6.07, 6.45) is 7.18. The van der Waals surface area contributed by atoms with Gasteiger partial charge in [0, 0.05) is 24.8 Å². The second-order valence-electron chi connectivity index (χ2n) is 4.40. The molecule has 0 atom stereocenters. The summed E-state index contributed by atoms with van der Waals surface area (Å²) >= 11 is 0. The molecule has 0 amide bonds. The normalized spacial score (nSPS) is 8.91. The smallest absolute Gasteiger partial charge is 0.0346 e. The fraction of sp³-hybridized carbons (Fsp3) is 0. The van der Waals surface area contributed by atoms with Crippen LogP contribution in [0.4, 0.5) is 0 Å². The molecular weight excluding hydrogens is 268 g/mol. The lowest BCUT2D eigenvalue weighted by Crippen LogP contribution is -1.71. The van der Waals surface area contributed by atoms with Gasteiger partial charge in [-0.15, -0.1) is 0 Å². The van der Waals surface area contributed by atoms with Crippen molar-refractivity contribution in [2.75, 3.05) is 0 Å². The lowest BCUT2D eigenvalue weighted by Gasteiger charge is -1.91. The number of benzene rings is 2. The first-order valence-electron chi connectivity index (χ1n) is 7.10. The number of rotatable bonds is 0. The maximum absolute atomic E-state index is 4.01. The number of hydrogen-bond acceptors (Lipinski definition) is 2. The van der Waals surface area contributed by atoms with Crippen LogP contribution in [0.3, 0.4) is 0 Å². The molecule has 0 bridgehead atoms. The zero-order chi connectivity index (χ0) is 15.3. The van der Waals surface area contributed by atoms with E-state index in [0.29, 0.717) is 0 Å². The summed E-state index contributed by atoms with van der Waals surface area (Å²) in [6.45, 7) is 0. The minimum Gasteiger partial charge on any atom is -0.265 e. The van der Waals surface area contributed by atoms with Gasteiger partial charge in [-0.2, -0.15) is 0 Å². The third-order valence-corrected chi connectivity index (χ3v) is 2.78. The highest BCUT2D eigenvalue weighted by atomic mass is 14.6. The molecule has 0 radical (unpaired) electrons. The van der Waals surface area contributed by atoms with Crippen molar-refractivity contribution in [3.05, 3.63) is 110 Å². The van der Waals surface area contributed by atoms with Crippen LogP contribution in [0.25, 0.3) is 10.8 Å². The molecular formula is C20H18N2. The first kappa shape index (κ1) is 15.4. The summed E-state index contributed by atoms with van der Waals surface area (Å²) in [5, 5.41) is 2.45. The van der Waals surface area contributed by atoms with Gasteiger partial charge in [0.1, 0.15) is 0 Å². The SMILES string of the molecule is c1ccc2cnccc2c1.c1ccccc1.c1ccncc1. The first-order valence-corrected chi connectivity index (χ1v) is 7.10. The summed E-state index contributed by atoms with van der Waals surface area (Å²) in [5.41, 5.74) is 0. The van der Waals surface area contributed by atoms with Gasteiger partial charge in [-0.3, -0.25) is 9.97 Å². The van der Waals surface area contributed by atoms with Gasteiger partial charge in [-0.05, 0) is 29.0 Å². The Morgan fingerprint density at radius 2 is 0.955 bits per heavy atom. The van der Waals surface area contributed by atoms with Gasteiger partial charge < -0.3 is 0 Å². The number of fused-ring (bicyclic) bond motifs is 1. The Morgan fingerprint density at radius 3 is 1.41 bits per heavy atom. The van der Waals surface area contributed by atoms with E-state index in [9.17, 15) is 0 Å². The second-order valence-corrected chi connectivity index (χ2v) is 4.40. The topological polar surface area (TPSA) is 25.8 Å². The molecule has 2 nitrogen and oxygen atoms in total. The molecule has 0 saturated heterocycles. The lowest BCUT2D eigenvalue weighted by molar-refractivity contribution is 1.33. The molecule has 4 rings (SSSR count). The van der Waals surface area contributed by atoms with Gasteiger partial charge in [0.15, 0.2) is 0 Å². The van der Waals surface area contributed by atoms with Crippen molar-refractivity contribution >= 4 is 10.8 Å². The maximum atomic E-state index is 4.01. The minimum absolute atomic E-state index is 1.20. The Labute approximate surface area is 131 Å². The zero-order valence-electron chi connectivity index (χ0n) is 12.3. The Hall–Kier alpha value is -3.00. The monoisotopic (exact) mass is 286 g/mol. The molecule has 22 heavy (non-hydrogen) atoms. The van der Waals surface area contributed by atoms with E-state index in [2.05, 4.69) is 22.1 Å². The van der Waals surface area contributed by atoms with Crippen LogP contribution in [0.1, 0.15) is 0 Å². The van der Waals surface area contributed by atoms with Gasteiger partial charge in [0.2, 0.25) is 0 Å². The molecule has 2 aromatic heterocycles. The van der Waals surface area contributed by atoms with Crippen LogP contribution in [0, 0.1) is 0 Å². The first-order chi connectivity index (χ1) is 11.0. The molecule has 0 N–H and O–H groups in total. The van der Waals surface area contributed by atoms with Gasteiger partial charge in [-0.25, -0.2) is 0 Å². The Kier molecular flexibility index (Phi) is 6.88. The average Bonchev–Trinajstić information content (AvgIpc) is 2.66. The Morgan fingerprint density at radius 1 is 0.409 bits per heavy atom. The highest BCUT2D eigenvalue weighted by molar-refractivity contribution is 5.80. The van der Waals surface area contributed by atoms with Crippen molar-refractivity contribution < 1.29 is 0 Å². The van der Waals surface area contributed by atoms with Crippen molar-refractivity contribution in [3.63, 3.8) is 0 Å². The standard InChI is InChI=1S/C9H7N.C6H6.C5H5N/c1-2-4-9-7-10-6-5-8(9)3-1;2*1-2-4-6-5-3-1/h1-7H;1-6H;1-5H. The van der Waals surface area contributed by atoms with Crippen LogP contribution >= 0.6 is 0 Å². The molecule has 0 fully saturated rings. The van der Waals surface area contributed by atoms with E-state index < -0.39 is 0 Å². The van der Waals surface area contributed by atoms with Gasteiger partial charge in [0.25, 0.3) is 0 Å². The molecule has 0 saturated carbocycles. The van der Waals surface area contributed by atoms with Gasteiger partial charge >= 0.3 is 0 Å². The summed E-state index contributed by atoms with van der Waals surface area (Å²) in [5.74, 6) is 0. The van der Waals surface area contributed by atoms with E-state index in [4.69, 9.17) is 0 Å². The molecule has 4 aromatic rings. The van der Waals surface area contributed by atoms with Crippen molar-refractivity contribution in [3.8, 4) is 0 Å². The van der Waals surface area contributed by atoms with E-state index in [1.807, 2.05) is 85.2 Å². The van der Waals surface area contributed by atoms with Gasteiger partial charge in [-0.1, -0.05) is 66.7 Å². The van der Waals surface area contributed by atoms with E-state index in [1.165, 1.54) is 10.8 Å². The van der Waals surface area contributed by atoms with Crippen molar-refractivity contribution in [1.82, 2.24) is 9.97 Å². The number of nitrogens with zero attached hydrogens (tertiary/aromatic N) is 2. The predicted molar refractivity (Wildman–Crippen MR) is 92.4 cm³/mol. The van der Waals surface area contributed by atoms with Crippen molar-refractivity contribution in [2.45, 2.75) is 0 Å². The molecule has 2 heterocycles. The van der Waals surface area contributed by atoms with E-state index in [0.717, 1.165) is 0 Å². The van der Waals surface area contributed by atoms with Crippen LogP contribution in [0.15, 0.2) is 110 Å². The molecule has 0 aliphatic heterocycles. The van der Waals surface area contributed by atoms with Crippen molar-refractivity contribution in [1.29, 1.82) is 0 Å². The zero-order valence-corrected chi connectivity index (χ0v) is 12.3. The number of pyridine rings is 2. The third kappa shape index (κ3) is 5.97. The van der Waals surface area contributed by atoms with E-state index in [1.54, 1.807) is 12.4 Å². The number of aromatic nitrogens is 2. The molecule has 0 aliphatic rings. The molecule has 0 unspecified atom stereocenters. The Bertz CT molecular complexity index is 590. The molecule has 0 spiro atoms. The van der Waals surface area contributed by atoms with Crippen molar-refractivity contribution in [2.24, 2.45) is 0 Å². The van der Waals surface area contributed by atoms with Crippen LogP contribution in [-0.4, -0.2) is 9.97 Å². The van der Waals surface area contributed by atoms with Crippen LogP contribution in [-0.2, 0) is 0 Å². The fourth-order valence-corrected chi connectivity index (χ4v) is 1.72.